The van der Waals surface area contributed by atoms with E-state index in [0.717, 1.165) is 0 Å². The molecule has 3 N–H and O–H groups in total. The van der Waals surface area contributed by atoms with Crippen LogP contribution in [0.5, 0.6) is 5.75 Å². The fraction of sp³-hybridized carbons (Fsp3) is 0.0909. The zero-order chi connectivity index (χ0) is 13.1. The Hall–Kier alpha value is -2.28. The molecule has 0 bridgehead atoms. The number of aromatic nitrogens is 2. The van der Waals surface area contributed by atoms with Gasteiger partial charge in [-0.1, -0.05) is 12.1 Å². The molecule has 92 valence electrons. The number of rotatable bonds is 2. The lowest BCUT2D eigenvalue weighted by Gasteiger charge is -1.98. The second kappa shape index (κ2) is 4.92. The maximum absolute atomic E-state index is 11.6. The van der Waals surface area contributed by atoms with E-state index < -0.39 is 5.56 Å². The summed E-state index contributed by atoms with van der Waals surface area (Å²) in [7, 11) is 0. The molecule has 1 aromatic carbocycles. The molecule has 0 aliphatic heterocycles. The third-order valence-corrected chi connectivity index (χ3v) is 2.44. The van der Waals surface area contributed by atoms with Gasteiger partial charge >= 0.3 is 0 Å². The molecular formula is C11H10N4O2S. The Morgan fingerprint density at radius 3 is 2.61 bits per heavy atom. The third-order valence-electron chi connectivity index (χ3n) is 2.24. The van der Waals surface area contributed by atoms with E-state index in [-0.39, 0.29) is 16.2 Å². The molecule has 0 atom stereocenters. The van der Waals surface area contributed by atoms with Crippen LogP contribution in [0.3, 0.4) is 0 Å². The van der Waals surface area contributed by atoms with Crippen LogP contribution in [0.1, 0.15) is 5.69 Å². The average molecular weight is 262 g/mol. The SMILES string of the molecule is Cc1[nH]c(=S)[nH]c(=O)c1N=Nc1ccccc1O. The average Bonchev–Trinajstić information content (AvgIpc) is 2.30. The maximum Gasteiger partial charge on any atom is 0.279 e. The topological polar surface area (TPSA) is 93.6 Å². The first-order chi connectivity index (χ1) is 8.58. The molecule has 0 spiro atoms. The van der Waals surface area contributed by atoms with Crippen molar-refractivity contribution in [2.75, 3.05) is 0 Å². The Morgan fingerprint density at radius 1 is 1.22 bits per heavy atom. The molecular weight excluding hydrogens is 252 g/mol. The zero-order valence-corrected chi connectivity index (χ0v) is 10.3. The van der Waals surface area contributed by atoms with Crippen LogP contribution in [0.25, 0.3) is 0 Å². The van der Waals surface area contributed by atoms with Crippen LogP contribution in [-0.2, 0) is 0 Å². The first-order valence-corrected chi connectivity index (χ1v) is 5.51. The van der Waals surface area contributed by atoms with Gasteiger partial charge in [0.1, 0.15) is 11.4 Å². The summed E-state index contributed by atoms with van der Waals surface area (Å²) in [5.74, 6) is -0.000740. The highest BCUT2D eigenvalue weighted by molar-refractivity contribution is 7.71. The number of para-hydroxylation sites is 1. The molecule has 0 fully saturated rings. The fourth-order valence-electron chi connectivity index (χ4n) is 1.37. The van der Waals surface area contributed by atoms with E-state index in [1.165, 1.54) is 6.07 Å². The van der Waals surface area contributed by atoms with E-state index in [4.69, 9.17) is 12.2 Å². The van der Waals surface area contributed by atoms with Gasteiger partial charge in [0.05, 0.1) is 0 Å². The lowest BCUT2D eigenvalue weighted by atomic mass is 10.3. The Labute approximate surface area is 107 Å². The Morgan fingerprint density at radius 2 is 1.94 bits per heavy atom. The molecule has 0 aliphatic carbocycles. The number of phenols is 1. The summed E-state index contributed by atoms with van der Waals surface area (Å²) in [5.41, 5.74) is 0.518. The van der Waals surface area contributed by atoms with Crippen molar-refractivity contribution < 1.29 is 5.11 Å². The number of aromatic hydroxyl groups is 1. The molecule has 0 saturated heterocycles. The molecule has 1 heterocycles. The van der Waals surface area contributed by atoms with Gasteiger partial charge in [0.25, 0.3) is 5.56 Å². The number of phenolic OH excluding ortho intramolecular Hbond substituents is 1. The minimum Gasteiger partial charge on any atom is -0.506 e. The van der Waals surface area contributed by atoms with E-state index in [2.05, 4.69) is 20.2 Å². The van der Waals surface area contributed by atoms with E-state index in [1.54, 1.807) is 25.1 Å². The number of hydrogen-bond donors (Lipinski definition) is 3. The summed E-state index contributed by atoms with van der Waals surface area (Å²) < 4.78 is 0.235. The molecule has 2 rings (SSSR count). The van der Waals surface area contributed by atoms with Crippen molar-refractivity contribution in [2.45, 2.75) is 6.92 Å². The molecule has 2 aromatic rings. The van der Waals surface area contributed by atoms with Crippen molar-refractivity contribution in [3.63, 3.8) is 0 Å². The molecule has 18 heavy (non-hydrogen) atoms. The van der Waals surface area contributed by atoms with E-state index in [9.17, 15) is 9.90 Å². The van der Waals surface area contributed by atoms with Crippen molar-refractivity contribution >= 4 is 23.6 Å². The normalized spacial score (nSPS) is 10.9. The summed E-state index contributed by atoms with van der Waals surface area (Å²) in [4.78, 5) is 16.8. The predicted molar refractivity (Wildman–Crippen MR) is 69.3 cm³/mol. The van der Waals surface area contributed by atoms with Crippen molar-refractivity contribution in [1.82, 2.24) is 9.97 Å². The van der Waals surface area contributed by atoms with Gasteiger partial charge in [0.15, 0.2) is 10.5 Å². The van der Waals surface area contributed by atoms with Crippen LogP contribution in [0.4, 0.5) is 11.4 Å². The van der Waals surface area contributed by atoms with E-state index in [1.807, 2.05) is 0 Å². The molecule has 6 nitrogen and oxygen atoms in total. The predicted octanol–water partition coefficient (Wildman–Crippen LogP) is 2.86. The lowest BCUT2D eigenvalue weighted by Crippen LogP contribution is -2.08. The van der Waals surface area contributed by atoms with Crippen molar-refractivity contribution in [3.05, 3.63) is 45.1 Å². The standard InChI is InChI=1S/C11H10N4O2S/c1-6-9(10(17)13-11(18)12-6)15-14-7-4-2-3-5-8(7)16/h2-5,16H,1H3,(H2,12,13,17,18). The summed E-state index contributed by atoms with van der Waals surface area (Å²) >= 11 is 4.82. The molecule has 0 amide bonds. The molecule has 1 aromatic heterocycles. The maximum atomic E-state index is 11.6. The second-order valence-corrected chi connectivity index (χ2v) is 3.98. The highest BCUT2D eigenvalue weighted by Crippen LogP contribution is 2.26. The summed E-state index contributed by atoms with van der Waals surface area (Å²) in [6, 6.07) is 6.47. The van der Waals surface area contributed by atoms with Gasteiger partial charge in [-0.25, -0.2) is 0 Å². The van der Waals surface area contributed by atoms with Gasteiger partial charge in [-0.2, -0.15) is 0 Å². The number of hydrogen-bond acceptors (Lipinski definition) is 5. The second-order valence-electron chi connectivity index (χ2n) is 3.57. The quantitative estimate of drug-likeness (QED) is 0.573. The largest absolute Gasteiger partial charge is 0.506 e. The highest BCUT2D eigenvalue weighted by Gasteiger charge is 2.04. The molecule has 0 radical (unpaired) electrons. The minimum atomic E-state index is -0.421. The van der Waals surface area contributed by atoms with Crippen molar-refractivity contribution in [2.24, 2.45) is 10.2 Å². The smallest absolute Gasteiger partial charge is 0.279 e. The van der Waals surface area contributed by atoms with Crippen LogP contribution in [0, 0.1) is 11.7 Å². The summed E-state index contributed by atoms with van der Waals surface area (Å²) in [5, 5.41) is 17.2. The van der Waals surface area contributed by atoms with Crippen molar-refractivity contribution in [1.29, 1.82) is 0 Å². The number of H-pyrrole nitrogens is 2. The van der Waals surface area contributed by atoms with E-state index >= 15 is 0 Å². The lowest BCUT2D eigenvalue weighted by molar-refractivity contribution is 0.476. The zero-order valence-electron chi connectivity index (χ0n) is 9.47. The minimum absolute atomic E-state index is 0.000740. The molecule has 0 aliphatic rings. The molecule has 7 heteroatoms. The monoisotopic (exact) mass is 262 g/mol. The van der Waals surface area contributed by atoms with Gasteiger partial charge in [-0.05, 0) is 31.3 Å². The molecule has 0 unspecified atom stereocenters. The summed E-state index contributed by atoms with van der Waals surface area (Å²) in [6.45, 7) is 1.67. The van der Waals surface area contributed by atoms with Crippen LogP contribution in [-0.4, -0.2) is 15.1 Å². The third kappa shape index (κ3) is 2.51. The van der Waals surface area contributed by atoms with Crippen LogP contribution in [0.2, 0.25) is 0 Å². The number of nitrogens with zero attached hydrogens (tertiary/aromatic N) is 2. The number of nitrogens with one attached hydrogen (secondary N) is 2. The Balaban J connectivity index is 2.45. The molecule has 0 saturated carbocycles. The first kappa shape index (κ1) is 12.2. The van der Waals surface area contributed by atoms with Gasteiger partial charge < -0.3 is 10.1 Å². The fourth-order valence-corrected chi connectivity index (χ4v) is 1.61. The van der Waals surface area contributed by atoms with Gasteiger partial charge in [-0.15, -0.1) is 10.2 Å². The van der Waals surface area contributed by atoms with Crippen LogP contribution >= 0.6 is 12.2 Å². The summed E-state index contributed by atoms with van der Waals surface area (Å²) in [6.07, 6.45) is 0. The Bertz CT molecular complexity index is 717. The van der Waals surface area contributed by atoms with Gasteiger partial charge in [-0.3, -0.25) is 9.78 Å². The highest BCUT2D eigenvalue weighted by atomic mass is 32.1. The number of aromatic amines is 2. The van der Waals surface area contributed by atoms with E-state index in [0.29, 0.717) is 11.4 Å². The van der Waals surface area contributed by atoms with Crippen molar-refractivity contribution in [3.8, 4) is 5.75 Å². The number of azo groups is 1. The first-order valence-electron chi connectivity index (χ1n) is 5.11. The number of aryl methyl sites for hydroxylation is 1. The van der Waals surface area contributed by atoms with Crippen LogP contribution in [0.15, 0.2) is 39.3 Å². The van der Waals surface area contributed by atoms with Gasteiger partial charge in [0.2, 0.25) is 0 Å². The van der Waals surface area contributed by atoms with Crippen LogP contribution < -0.4 is 5.56 Å². The van der Waals surface area contributed by atoms with Gasteiger partial charge in [0, 0.05) is 5.69 Å². The number of benzene rings is 1. The Kier molecular flexibility index (Phi) is 3.33.